The van der Waals surface area contributed by atoms with Gasteiger partial charge in [0.15, 0.2) is 0 Å². The monoisotopic (exact) mass is 370 g/mol. The van der Waals surface area contributed by atoms with Gasteiger partial charge in [-0.15, -0.1) is 0 Å². The molecule has 2 N–H and O–H groups in total. The maximum Gasteiger partial charge on any atom is 0.319 e. The summed E-state index contributed by atoms with van der Waals surface area (Å²) in [4.78, 5) is 25.8. The highest BCUT2D eigenvalue weighted by Crippen LogP contribution is 2.27. The third-order valence-corrected chi connectivity index (χ3v) is 4.54. The second-order valence-electron chi connectivity index (χ2n) is 7.39. The van der Waals surface area contributed by atoms with Gasteiger partial charge in [0.2, 0.25) is 5.91 Å². The molecule has 1 aliphatic heterocycles. The number of hydrogen-bond acceptors (Lipinski definition) is 4. The number of nitrogens with zero attached hydrogens (tertiary/aromatic N) is 2. The SMILES string of the molecule is CC(C)Cc1cc(CNC(=O)Nc2ccc(N3C(=O)CC[C@H]3C)cc2)no1. The van der Waals surface area contributed by atoms with E-state index in [4.69, 9.17) is 4.52 Å². The van der Waals surface area contributed by atoms with Gasteiger partial charge in [-0.05, 0) is 43.5 Å². The molecule has 3 amide bonds. The molecular formula is C20H26N4O3. The molecule has 7 nitrogen and oxygen atoms in total. The minimum absolute atomic E-state index is 0.144. The highest BCUT2D eigenvalue weighted by atomic mass is 16.5. The zero-order chi connectivity index (χ0) is 19.4. The molecule has 2 heterocycles. The molecule has 0 unspecified atom stereocenters. The van der Waals surface area contributed by atoms with Crippen LogP contribution < -0.4 is 15.5 Å². The van der Waals surface area contributed by atoms with Crippen LogP contribution in [-0.2, 0) is 17.8 Å². The predicted octanol–water partition coefficient (Wildman–Crippen LogP) is 3.71. The van der Waals surface area contributed by atoms with Crippen LogP contribution in [0.5, 0.6) is 0 Å². The fraction of sp³-hybridized carbons (Fsp3) is 0.450. The van der Waals surface area contributed by atoms with Gasteiger partial charge < -0.3 is 20.1 Å². The van der Waals surface area contributed by atoms with Crippen LogP contribution in [0.4, 0.5) is 16.2 Å². The molecule has 1 saturated heterocycles. The molecule has 0 spiro atoms. The van der Waals surface area contributed by atoms with E-state index in [1.807, 2.05) is 30.0 Å². The van der Waals surface area contributed by atoms with Crippen LogP contribution in [0.2, 0.25) is 0 Å². The molecule has 0 saturated carbocycles. The van der Waals surface area contributed by atoms with Crippen molar-refractivity contribution in [1.29, 1.82) is 0 Å². The molecule has 27 heavy (non-hydrogen) atoms. The molecule has 1 aliphatic rings. The number of benzene rings is 1. The third-order valence-electron chi connectivity index (χ3n) is 4.54. The van der Waals surface area contributed by atoms with E-state index in [9.17, 15) is 9.59 Å². The van der Waals surface area contributed by atoms with Gasteiger partial charge in [-0.3, -0.25) is 4.79 Å². The van der Waals surface area contributed by atoms with Crippen molar-refractivity contribution in [1.82, 2.24) is 10.5 Å². The number of amides is 3. The molecule has 7 heteroatoms. The molecule has 144 valence electrons. The van der Waals surface area contributed by atoms with Crippen LogP contribution in [-0.4, -0.2) is 23.1 Å². The van der Waals surface area contributed by atoms with Gasteiger partial charge in [-0.1, -0.05) is 19.0 Å². The molecule has 0 bridgehead atoms. The van der Waals surface area contributed by atoms with Gasteiger partial charge in [0, 0.05) is 36.3 Å². The lowest BCUT2D eigenvalue weighted by atomic mass is 10.1. The van der Waals surface area contributed by atoms with Crippen molar-refractivity contribution in [2.24, 2.45) is 5.92 Å². The number of carbonyl (C=O) groups is 2. The Kier molecular flexibility index (Phi) is 5.78. The maximum atomic E-state index is 12.1. The number of anilines is 2. The van der Waals surface area contributed by atoms with Gasteiger partial charge in [0.05, 0.1) is 6.54 Å². The van der Waals surface area contributed by atoms with Gasteiger partial charge >= 0.3 is 6.03 Å². The Morgan fingerprint density at radius 2 is 2.07 bits per heavy atom. The fourth-order valence-electron chi connectivity index (χ4n) is 3.22. The van der Waals surface area contributed by atoms with Crippen LogP contribution in [0.25, 0.3) is 0 Å². The van der Waals surface area contributed by atoms with Crippen molar-refractivity contribution in [2.75, 3.05) is 10.2 Å². The van der Waals surface area contributed by atoms with Crippen molar-refractivity contribution in [3.8, 4) is 0 Å². The first-order valence-electron chi connectivity index (χ1n) is 9.34. The van der Waals surface area contributed by atoms with Gasteiger partial charge in [0.25, 0.3) is 0 Å². The Balaban J connectivity index is 1.50. The number of nitrogens with one attached hydrogen (secondary N) is 2. The molecule has 0 aliphatic carbocycles. The quantitative estimate of drug-likeness (QED) is 0.811. The van der Waals surface area contributed by atoms with Crippen molar-refractivity contribution in [3.63, 3.8) is 0 Å². The van der Waals surface area contributed by atoms with Crippen LogP contribution >= 0.6 is 0 Å². The molecule has 1 aromatic heterocycles. The van der Waals surface area contributed by atoms with E-state index in [0.717, 1.165) is 24.3 Å². The van der Waals surface area contributed by atoms with E-state index in [1.165, 1.54) is 0 Å². The number of aromatic nitrogens is 1. The lowest BCUT2D eigenvalue weighted by molar-refractivity contribution is -0.117. The van der Waals surface area contributed by atoms with Crippen LogP contribution in [0.3, 0.4) is 0 Å². The molecule has 3 rings (SSSR count). The maximum absolute atomic E-state index is 12.1. The summed E-state index contributed by atoms with van der Waals surface area (Å²) in [5.41, 5.74) is 2.21. The zero-order valence-electron chi connectivity index (χ0n) is 16.0. The number of hydrogen-bond donors (Lipinski definition) is 2. The average molecular weight is 370 g/mol. The van der Waals surface area contributed by atoms with E-state index >= 15 is 0 Å². The molecule has 1 atom stereocenters. The first kappa shape index (κ1) is 18.9. The summed E-state index contributed by atoms with van der Waals surface area (Å²) >= 11 is 0. The summed E-state index contributed by atoms with van der Waals surface area (Å²) in [6, 6.07) is 9.05. The number of rotatable bonds is 6. The summed E-state index contributed by atoms with van der Waals surface area (Å²) < 4.78 is 5.25. The zero-order valence-corrected chi connectivity index (χ0v) is 16.0. The Bertz CT molecular complexity index is 798. The molecule has 1 aromatic carbocycles. The van der Waals surface area contributed by atoms with Crippen LogP contribution in [0, 0.1) is 5.92 Å². The van der Waals surface area contributed by atoms with Crippen LogP contribution in [0.15, 0.2) is 34.9 Å². The standard InChI is InChI=1S/C20H26N4O3/c1-13(2)10-18-11-16(23-27-18)12-21-20(26)22-15-5-7-17(8-6-15)24-14(3)4-9-19(24)25/h5-8,11,13-14H,4,9-10,12H2,1-3H3,(H2,21,22,26)/t14-/m1/s1. The minimum atomic E-state index is -0.318. The first-order valence-corrected chi connectivity index (χ1v) is 9.34. The summed E-state index contributed by atoms with van der Waals surface area (Å²) in [5.74, 6) is 1.46. The highest BCUT2D eigenvalue weighted by Gasteiger charge is 2.28. The van der Waals surface area contributed by atoms with E-state index in [2.05, 4.69) is 29.6 Å². The van der Waals surface area contributed by atoms with E-state index < -0.39 is 0 Å². The van der Waals surface area contributed by atoms with Crippen molar-refractivity contribution < 1.29 is 14.1 Å². The largest absolute Gasteiger partial charge is 0.361 e. The predicted molar refractivity (Wildman–Crippen MR) is 104 cm³/mol. The molecule has 1 fully saturated rings. The Labute approximate surface area is 159 Å². The second-order valence-corrected chi connectivity index (χ2v) is 7.39. The normalized spacial score (nSPS) is 16.8. The number of carbonyl (C=O) groups excluding carboxylic acids is 2. The molecule has 2 aromatic rings. The van der Waals surface area contributed by atoms with Gasteiger partial charge in [-0.2, -0.15) is 0 Å². The van der Waals surface area contributed by atoms with Gasteiger partial charge in [0.1, 0.15) is 11.5 Å². The molecular weight excluding hydrogens is 344 g/mol. The van der Waals surface area contributed by atoms with Crippen molar-refractivity contribution in [2.45, 2.75) is 52.6 Å². The lowest BCUT2D eigenvalue weighted by Gasteiger charge is -2.21. The van der Waals surface area contributed by atoms with Gasteiger partial charge in [-0.25, -0.2) is 4.79 Å². The van der Waals surface area contributed by atoms with Crippen LogP contribution in [0.1, 0.15) is 45.1 Å². The highest BCUT2D eigenvalue weighted by molar-refractivity contribution is 5.96. The van der Waals surface area contributed by atoms with E-state index in [0.29, 0.717) is 30.3 Å². The first-order chi connectivity index (χ1) is 12.9. The topological polar surface area (TPSA) is 87.5 Å². The molecule has 0 radical (unpaired) electrons. The van der Waals surface area contributed by atoms with E-state index in [1.54, 1.807) is 12.1 Å². The summed E-state index contributed by atoms with van der Waals surface area (Å²) in [6.07, 6.45) is 2.29. The Hall–Kier alpha value is -2.83. The third kappa shape index (κ3) is 4.87. The number of urea groups is 1. The Morgan fingerprint density at radius 1 is 1.33 bits per heavy atom. The fourth-order valence-corrected chi connectivity index (χ4v) is 3.22. The smallest absolute Gasteiger partial charge is 0.319 e. The summed E-state index contributed by atoms with van der Waals surface area (Å²) in [6.45, 7) is 6.56. The van der Waals surface area contributed by atoms with Crippen molar-refractivity contribution >= 4 is 23.3 Å². The van der Waals surface area contributed by atoms with E-state index in [-0.39, 0.29) is 18.0 Å². The summed E-state index contributed by atoms with van der Waals surface area (Å²) in [7, 11) is 0. The Morgan fingerprint density at radius 3 is 2.70 bits per heavy atom. The second kappa shape index (κ2) is 8.24. The average Bonchev–Trinajstić information content (AvgIpc) is 3.20. The summed E-state index contributed by atoms with van der Waals surface area (Å²) in [5, 5.41) is 9.50. The lowest BCUT2D eigenvalue weighted by Crippen LogP contribution is -2.30. The van der Waals surface area contributed by atoms with Crippen molar-refractivity contribution in [3.05, 3.63) is 41.8 Å². The minimum Gasteiger partial charge on any atom is -0.361 e.